The van der Waals surface area contributed by atoms with E-state index in [2.05, 4.69) is 15.9 Å². The Kier molecular flexibility index (Phi) is 5.71. The van der Waals surface area contributed by atoms with E-state index in [-0.39, 0.29) is 35.7 Å². The summed E-state index contributed by atoms with van der Waals surface area (Å²) >= 11 is 2.89. The molecule has 0 spiro atoms. The molecule has 1 aliphatic heterocycles. The lowest BCUT2D eigenvalue weighted by molar-refractivity contribution is 0.00606. The van der Waals surface area contributed by atoms with Gasteiger partial charge in [0.05, 0.1) is 10.0 Å². The van der Waals surface area contributed by atoms with E-state index in [1.807, 2.05) is 0 Å². The summed E-state index contributed by atoms with van der Waals surface area (Å²) in [6, 6.07) is 1.47. The molecular weight excluding hydrogens is 398 g/mol. The number of halogens is 3. The van der Waals surface area contributed by atoms with Crippen LogP contribution < -0.4 is 0 Å². The standard InChI is InChI=1S/C17H21BrF2N2O3/c1-10-9-21(16(24)25-17(2,3)4)5-6-22(10)15(23)11-7-14(20)12(18)8-13(11)19/h7-8,10H,5-6,9H2,1-4H3/t10-/m1/s1. The molecule has 1 heterocycles. The van der Waals surface area contributed by atoms with Crippen molar-refractivity contribution in [3.8, 4) is 0 Å². The maximum absolute atomic E-state index is 14.0. The summed E-state index contributed by atoms with van der Waals surface area (Å²) in [7, 11) is 0. The van der Waals surface area contributed by atoms with Gasteiger partial charge in [0.25, 0.3) is 5.91 Å². The predicted octanol–water partition coefficient (Wildman–Crippen LogP) is 3.81. The minimum atomic E-state index is -0.792. The number of carbonyl (C=O) groups excluding carboxylic acids is 2. The SMILES string of the molecule is C[C@@H]1CN(C(=O)OC(C)(C)C)CCN1C(=O)c1cc(F)c(Br)cc1F. The number of amides is 2. The molecule has 0 aromatic heterocycles. The number of carbonyl (C=O) groups is 2. The Hall–Kier alpha value is -1.70. The first kappa shape index (κ1) is 19.6. The number of hydrogen-bond acceptors (Lipinski definition) is 3. The lowest BCUT2D eigenvalue weighted by Crippen LogP contribution is -2.56. The molecule has 1 aromatic rings. The molecule has 1 aliphatic rings. The van der Waals surface area contributed by atoms with E-state index < -0.39 is 29.2 Å². The van der Waals surface area contributed by atoms with Crippen molar-refractivity contribution >= 4 is 27.9 Å². The largest absolute Gasteiger partial charge is 0.444 e. The van der Waals surface area contributed by atoms with Crippen LogP contribution in [0.15, 0.2) is 16.6 Å². The molecule has 1 saturated heterocycles. The second-order valence-corrected chi connectivity index (χ2v) is 7.87. The highest BCUT2D eigenvalue weighted by Gasteiger charge is 2.33. The second kappa shape index (κ2) is 7.27. The second-order valence-electron chi connectivity index (χ2n) is 7.02. The van der Waals surface area contributed by atoms with Crippen LogP contribution in [0.1, 0.15) is 38.1 Å². The van der Waals surface area contributed by atoms with Gasteiger partial charge in [-0.15, -0.1) is 0 Å². The van der Waals surface area contributed by atoms with Gasteiger partial charge in [0.2, 0.25) is 0 Å². The van der Waals surface area contributed by atoms with Crippen molar-refractivity contribution in [2.45, 2.75) is 39.3 Å². The van der Waals surface area contributed by atoms with Gasteiger partial charge < -0.3 is 14.5 Å². The van der Waals surface area contributed by atoms with Crippen LogP contribution in [0.2, 0.25) is 0 Å². The van der Waals surface area contributed by atoms with Crippen molar-refractivity contribution in [1.29, 1.82) is 0 Å². The molecule has 2 rings (SSSR count). The summed E-state index contributed by atoms with van der Waals surface area (Å²) in [6.07, 6.45) is -0.452. The van der Waals surface area contributed by atoms with Crippen LogP contribution in [0.5, 0.6) is 0 Å². The summed E-state index contributed by atoms with van der Waals surface area (Å²) in [5.74, 6) is -2.09. The molecular formula is C17H21BrF2N2O3. The third kappa shape index (κ3) is 4.68. The minimum absolute atomic E-state index is 0.0376. The van der Waals surface area contributed by atoms with Crippen molar-refractivity contribution < 1.29 is 23.1 Å². The fraction of sp³-hybridized carbons (Fsp3) is 0.529. The third-order valence-electron chi connectivity index (χ3n) is 3.78. The molecule has 1 aromatic carbocycles. The molecule has 0 aliphatic carbocycles. The van der Waals surface area contributed by atoms with Gasteiger partial charge in [0.1, 0.15) is 17.2 Å². The number of hydrogen-bond donors (Lipinski definition) is 0. The predicted molar refractivity (Wildman–Crippen MR) is 92.4 cm³/mol. The number of ether oxygens (including phenoxy) is 1. The average Bonchev–Trinajstić information content (AvgIpc) is 2.48. The Labute approximate surface area is 154 Å². The monoisotopic (exact) mass is 418 g/mol. The van der Waals surface area contributed by atoms with E-state index in [1.54, 1.807) is 27.7 Å². The zero-order chi connectivity index (χ0) is 18.9. The summed E-state index contributed by atoms with van der Waals surface area (Å²) in [5.41, 5.74) is -0.927. The van der Waals surface area contributed by atoms with E-state index in [1.165, 1.54) is 9.80 Å². The Morgan fingerprint density at radius 1 is 1.20 bits per heavy atom. The van der Waals surface area contributed by atoms with Gasteiger partial charge in [-0.2, -0.15) is 0 Å². The van der Waals surface area contributed by atoms with Crippen LogP contribution in [-0.2, 0) is 4.74 Å². The van der Waals surface area contributed by atoms with Gasteiger partial charge in [-0.25, -0.2) is 13.6 Å². The zero-order valence-corrected chi connectivity index (χ0v) is 16.2. The van der Waals surface area contributed by atoms with E-state index >= 15 is 0 Å². The molecule has 1 atom stereocenters. The Morgan fingerprint density at radius 2 is 1.84 bits per heavy atom. The van der Waals surface area contributed by atoms with Crippen molar-refractivity contribution in [1.82, 2.24) is 9.80 Å². The minimum Gasteiger partial charge on any atom is -0.444 e. The van der Waals surface area contributed by atoms with Crippen molar-refractivity contribution in [2.75, 3.05) is 19.6 Å². The van der Waals surface area contributed by atoms with Crippen LogP contribution in [0, 0.1) is 11.6 Å². The normalized spacial score (nSPS) is 18.3. The summed E-state index contributed by atoms with van der Waals surface area (Å²) in [6.45, 7) is 7.84. The highest BCUT2D eigenvalue weighted by Crippen LogP contribution is 2.23. The maximum Gasteiger partial charge on any atom is 0.410 e. The fourth-order valence-corrected chi connectivity index (χ4v) is 2.91. The number of rotatable bonds is 1. The molecule has 0 bridgehead atoms. The molecule has 5 nitrogen and oxygen atoms in total. The van der Waals surface area contributed by atoms with Crippen LogP contribution >= 0.6 is 15.9 Å². The summed E-state index contributed by atoms with van der Waals surface area (Å²) in [4.78, 5) is 27.6. The third-order valence-corrected chi connectivity index (χ3v) is 4.39. The quantitative estimate of drug-likeness (QED) is 0.651. The topological polar surface area (TPSA) is 49.9 Å². The molecule has 0 N–H and O–H groups in total. The first-order valence-electron chi connectivity index (χ1n) is 7.93. The molecule has 25 heavy (non-hydrogen) atoms. The average molecular weight is 419 g/mol. The van der Waals surface area contributed by atoms with E-state index in [0.29, 0.717) is 0 Å². The van der Waals surface area contributed by atoms with Crippen molar-refractivity contribution in [2.24, 2.45) is 0 Å². The highest BCUT2D eigenvalue weighted by molar-refractivity contribution is 9.10. The number of benzene rings is 1. The smallest absolute Gasteiger partial charge is 0.410 e. The lowest BCUT2D eigenvalue weighted by Gasteiger charge is -2.40. The lowest BCUT2D eigenvalue weighted by atomic mass is 10.1. The Balaban J connectivity index is 2.10. The summed E-state index contributed by atoms with van der Waals surface area (Å²) < 4.78 is 33.0. The Morgan fingerprint density at radius 3 is 2.40 bits per heavy atom. The van der Waals surface area contributed by atoms with E-state index in [0.717, 1.165) is 12.1 Å². The fourth-order valence-electron chi connectivity index (χ4n) is 2.59. The molecule has 8 heteroatoms. The first-order chi connectivity index (χ1) is 11.5. The van der Waals surface area contributed by atoms with Gasteiger partial charge in [-0.3, -0.25) is 4.79 Å². The van der Waals surface area contributed by atoms with E-state index in [9.17, 15) is 18.4 Å². The zero-order valence-electron chi connectivity index (χ0n) is 14.6. The summed E-state index contributed by atoms with van der Waals surface area (Å²) in [5, 5.41) is 0. The maximum atomic E-state index is 14.0. The van der Waals surface area contributed by atoms with Crippen LogP contribution in [0.25, 0.3) is 0 Å². The number of piperazine rings is 1. The molecule has 1 fully saturated rings. The van der Waals surface area contributed by atoms with Gasteiger partial charge >= 0.3 is 6.09 Å². The molecule has 138 valence electrons. The molecule has 0 radical (unpaired) electrons. The van der Waals surface area contributed by atoms with Gasteiger partial charge in [-0.1, -0.05) is 0 Å². The highest BCUT2D eigenvalue weighted by atomic mass is 79.9. The molecule has 0 unspecified atom stereocenters. The molecule has 0 saturated carbocycles. The van der Waals surface area contributed by atoms with Crippen LogP contribution in [-0.4, -0.2) is 53.1 Å². The van der Waals surface area contributed by atoms with Crippen molar-refractivity contribution in [3.05, 3.63) is 33.8 Å². The van der Waals surface area contributed by atoms with Gasteiger partial charge in [0, 0.05) is 25.7 Å². The first-order valence-corrected chi connectivity index (χ1v) is 8.72. The van der Waals surface area contributed by atoms with E-state index in [4.69, 9.17) is 4.74 Å². The van der Waals surface area contributed by atoms with Gasteiger partial charge in [0.15, 0.2) is 0 Å². The Bertz CT molecular complexity index is 691. The van der Waals surface area contributed by atoms with Crippen LogP contribution in [0.3, 0.4) is 0 Å². The molecule has 2 amide bonds. The number of nitrogens with zero attached hydrogens (tertiary/aromatic N) is 2. The van der Waals surface area contributed by atoms with Crippen molar-refractivity contribution in [3.63, 3.8) is 0 Å². The van der Waals surface area contributed by atoms with Crippen LogP contribution in [0.4, 0.5) is 13.6 Å². The van der Waals surface area contributed by atoms with Gasteiger partial charge in [-0.05, 0) is 55.8 Å².